The van der Waals surface area contributed by atoms with E-state index in [0.29, 0.717) is 6.61 Å². The average molecular weight is 184 g/mol. The Bertz CT molecular complexity index is 234. The zero-order valence-electron chi connectivity index (χ0n) is 8.31. The van der Waals surface area contributed by atoms with Crippen molar-refractivity contribution in [2.45, 2.75) is 26.3 Å². The van der Waals surface area contributed by atoms with Gasteiger partial charge >= 0.3 is 5.97 Å². The van der Waals surface area contributed by atoms with E-state index in [1.807, 2.05) is 0 Å². The lowest BCUT2D eigenvalue weighted by molar-refractivity contribution is -0.137. The van der Waals surface area contributed by atoms with Crippen molar-refractivity contribution in [2.24, 2.45) is 0 Å². The molecule has 2 N–H and O–H groups in total. The molecule has 0 aliphatic carbocycles. The van der Waals surface area contributed by atoms with Gasteiger partial charge in [0.15, 0.2) is 0 Å². The van der Waals surface area contributed by atoms with Gasteiger partial charge in [-0.3, -0.25) is 0 Å². The summed E-state index contributed by atoms with van der Waals surface area (Å²) in [6.45, 7) is 7.14. The van der Waals surface area contributed by atoms with E-state index in [2.05, 4.69) is 24.5 Å². The molecule has 0 aromatic carbocycles. The normalized spacial score (nSPS) is 22.2. The van der Waals surface area contributed by atoms with Crippen molar-refractivity contribution in [1.82, 2.24) is 10.6 Å². The molecule has 0 bridgehead atoms. The maximum Gasteiger partial charge on any atom is 0.334 e. The number of nitrogens with one attached hydrogen (secondary N) is 2. The van der Waals surface area contributed by atoms with Gasteiger partial charge in [-0.05, 0) is 20.8 Å². The van der Waals surface area contributed by atoms with Crippen molar-refractivity contribution in [1.29, 1.82) is 0 Å². The number of esters is 1. The molecule has 0 spiro atoms. The van der Waals surface area contributed by atoms with Gasteiger partial charge in [-0.1, -0.05) is 0 Å². The van der Waals surface area contributed by atoms with Crippen LogP contribution >= 0.6 is 0 Å². The third-order valence-corrected chi connectivity index (χ3v) is 1.74. The maximum atomic E-state index is 11.0. The highest BCUT2D eigenvalue weighted by atomic mass is 16.5. The third-order valence-electron chi connectivity index (χ3n) is 1.74. The zero-order valence-corrected chi connectivity index (χ0v) is 8.31. The molecule has 1 rings (SSSR count). The standard InChI is InChI=1S/C9H16N2O2/c1-4-13-8(12)5-7-10-6-9(2,3)11-7/h5,10-11H,4,6H2,1-3H3/b7-5+. The lowest BCUT2D eigenvalue weighted by atomic mass is 10.1. The molecule has 1 saturated heterocycles. The van der Waals surface area contributed by atoms with Gasteiger partial charge < -0.3 is 15.4 Å². The quantitative estimate of drug-likeness (QED) is 0.480. The predicted octanol–water partition coefficient (Wildman–Crippen LogP) is 0.362. The van der Waals surface area contributed by atoms with Crippen LogP contribution in [0.1, 0.15) is 20.8 Å². The van der Waals surface area contributed by atoms with Crippen molar-refractivity contribution in [3.05, 3.63) is 11.9 Å². The second-order valence-electron chi connectivity index (χ2n) is 3.67. The van der Waals surface area contributed by atoms with Gasteiger partial charge in [-0.15, -0.1) is 0 Å². The van der Waals surface area contributed by atoms with E-state index < -0.39 is 0 Å². The first-order chi connectivity index (χ1) is 6.03. The molecule has 0 aromatic heterocycles. The van der Waals surface area contributed by atoms with Gasteiger partial charge in [-0.25, -0.2) is 4.79 Å². The molecule has 74 valence electrons. The summed E-state index contributed by atoms with van der Waals surface area (Å²) in [6, 6.07) is 0. The molecule has 1 heterocycles. The molecular formula is C9H16N2O2. The van der Waals surface area contributed by atoms with Gasteiger partial charge in [0, 0.05) is 6.54 Å². The number of rotatable bonds is 2. The van der Waals surface area contributed by atoms with Crippen LogP contribution in [0.2, 0.25) is 0 Å². The van der Waals surface area contributed by atoms with Gasteiger partial charge in [0.1, 0.15) is 5.82 Å². The summed E-state index contributed by atoms with van der Waals surface area (Å²) in [7, 11) is 0. The largest absolute Gasteiger partial charge is 0.463 e. The molecule has 4 nitrogen and oxygen atoms in total. The molecule has 1 fully saturated rings. The van der Waals surface area contributed by atoms with E-state index in [9.17, 15) is 4.79 Å². The molecular weight excluding hydrogens is 168 g/mol. The van der Waals surface area contributed by atoms with Crippen LogP contribution in [-0.4, -0.2) is 24.7 Å². The summed E-state index contributed by atoms with van der Waals surface area (Å²) in [6.07, 6.45) is 1.44. The lowest BCUT2D eigenvalue weighted by Crippen LogP contribution is -2.34. The Balaban J connectivity index is 2.50. The van der Waals surface area contributed by atoms with Gasteiger partial charge in [0.25, 0.3) is 0 Å². The van der Waals surface area contributed by atoms with Crippen LogP contribution in [0.15, 0.2) is 11.9 Å². The summed E-state index contributed by atoms with van der Waals surface area (Å²) in [5, 5.41) is 6.25. The van der Waals surface area contributed by atoms with E-state index in [1.165, 1.54) is 6.08 Å². The predicted molar refractivity (Wildman–Crippen MR) is 49.9 cm³/mol. The minimum Gasteiger partial charge on any atom is -0.463 e. The summed E-state index contributed by atoms with van der Waals surface area (Å²) < 4.78 is 4.78. The fraction of sp³-hybridized carbons (Fsp3) is 0.667. The van der Waals surface area contributed by atoms with Crippen molar-refractivity contribution in [3.63, 3.8) is 0 Å². The summed E-state index contributed by atoms with van der Waals surface area (Å²) in [4.78, 5) is 11.0. The molecule has 0 radical (unpaired) electrons. The highest BCUT2D eigenvalue weighted by molar-refractivity contribution is 5.82. The average Bonchev–Trinajstić information content (AvgIpc) is 2.30. The first-order valence-corrected chi connectivity index (χ1v) is 4.44. The summed E-state index contributed by atoms with van der Waals surface area (Å²) in [5.41, 5.74) is 0.0122. The van der Waals surface area contributed by atoms with E-state index >= 15 is 0 Å². The summed E-state index contributed by atoms with van der Waals surface area (Å²) >= 11 is 0. The second kappa shape index (κ2) is 3.68. The Morgan fingerprint density at radius 1 is 1.69 bits per heavy atom. The van der Waals surface area contributed by atoms with E-state index in [0.717, 1.165) is 12.4 Å². The summed E-state index contributed by atoms with van der Waals surface area (Å²) in [5.74, 6) is 0.429. The molecule has 0 aromatic rings. The Morgan fingerprint density at radius 2 is 2.38 bits per heavy atom. The molecule has 0 saturated carbocycles. The number of hydrogen-bond acceptors (Lipinski definition) is 4. The van der Waals surface area contributed by atoms with Crippen molar-refractivity contribution >= 4 is 5.97 Å². The van der Waals surface area contributed by atoms with Crippen LogP contribution in [0.5, 0.6) is 0 Å². The SMILES string of the molecule is CCOC(=O)/C=C1\NCC(C)(C)N1. The molecule has 4 heteroatoms. The Kier molecular flexibility index (Phi) is 2.80. The lowest BCUT2D eigenvalue weighted by Gasteiger charge is -2.15. The number of carbonyl (C=O) groups excluding carboxylic acids is 1. The second-order valence-corrected chi connectivity index (χ2v) is 3.67. The van der Waals surface area contributed by atoms with Crippen LogP contribution in [0.25, 0.3) is 0 Å². The Hall–Kier alpha value is -1.19. The van der Waals surface area contributed by atoms with E-state index in [1.54, 1.807) is 6.92 Å². The first kappa shape index (κ1) is 9.89. The molecule has 0 atom stereocenters. The first-order valence-electron chi connectivity index (χ1n) is 4.44. The molecule has 1 aliphatic rings. The van der Waals surface area contributed by atoms with Crippen LogP contribution in [-0.2, 0) is 9.53 Å². The highest BCUT2D eigenvalue weighted by Crippen LogP contribution is 2.09. The molecule has 0 amide bonds. The van der Waals surface area contributed by atoms with Crippen LogP contribution in [0, 0.1) is 0 Å². The molecule has 1 aliphatic heterocycles. The molecule has 13 heavy (non-hydrogen) atoms. The smallest absolute Gasteiger partial charge is 0.334 e. The Labute approximate surface area is 78.3 Å². The zero-order chi connectivity index (χ0) is 9.90. The topological polar surface area (TPSA) is 50.4 Å². The van der Waals surface area contributed by atoms with Crippen molar-refractivity contribution < 1.29 is 9.53 Å². The number of hydrogen-bond donors (Lipinski definition) is 2. The van der Waals surface area contributed by atoms with Gasteiger partial charge in [-0.2, -0.15) is 0 Å². The molecule has 0 unspecified atom stereocenters. The van der Waals surface area contributed by atoms with Crippen LogP contribution in [0.3, 0.4) is 0 Å². The van der Waals surface area contributed by atoms with Crippen LogP contribution in [0.4, 0.5) is 0 Å². The minimum absolute atomic E-state index is 0.0122. The van der Waals surface area contributed by atoms with Crippen molar-refractivity contribution in [2.75, 3.05) is 13.2 Å². The fourth-order valence-electron chi connectivity index (χ4n) is 1.16. The monoisotopic (exact) mass is 184 g/mol. The number of carbonyl (C=O) groups is 1. The fourth-order valence-corrected chi connectivity index (χ4v) is 1.16. The minimum atomic E-state index is -0.310. The van der Waals surface area contributed by atoms with Crippen molar-refractivity contribution in [3.8, 4) is 0 Å². The van der Waals surface area contributed by atoms with E-state index in [-0.39, 0.29) is 11.5 Å². The third kappa shape index (κ3) is 2.97. The van der Waals surface area contributed by atoms with E-state index in [4.69, 9.17) is 4.74 Å². The van der Waals surface area contributed by atoms with Crippen LogP contribution < -0.4 is 10.6 Å². The Morgan fingerprint density at radius 3 is 2.85 bits per heavy atom. The highest BCUT2D eigenvalue weighted by Gasteiger charge is 2.25. The number of ether oxygens (including phenoxy) is 1. The van der Waals surface area contributed by atoms with Gasteiger partial charge in [0.05, 0.1) is 18.2 Å². The van der Waals surface area contributed by atoms with Gasteiger partial charge in [0.2, 0.25) is 0 Å². The maximum absolute atomic E-state index is 11.0.